The third-order valence-electron chi connectivity index (χ3n) is 5.80. The van der Waals surface area contributed by atoms with E-state index in [4.69, 9.17) is 4.74 Å². The second-order valence-electron chi connectivity index (χ2n) is 8.20. The summed E-state index contributed by atoms with van der Waals surface area (Å²) in [6, 6.07) is 22.7. The summed E-state index contributed by atoms with van der Waals surface area (Å²) < 4.78 is 5.39. The van der Waals surface area contributed by atoms with Crippen LogP contribution in [-0.2, 0) is 4.79 Å². The van der Waals surface area contributed by atoms with Crippen molar-refractivity contribution >= 4 is 23.2 Å². The molecule has 0 atom stereocenters. The summed E-state index contributed by atoms with van der Waals surface area (Å²) in [4.78, 5) is 27.5. The van der Waals surface area contributed by atoms with Gasteiger partial charge < -0.3 is 15.4 Å². The second kappa shape index (κ2) is 10.8. The molecule has 1 fully saturated rings. The molecular formula is C27H29N3O3. The van der Waals surface area contributed by atoms with Gasteiger partial charge >= 0.3 is 0 Å². The number of methoxy groups -OCH3 is 1. The summed E-state index contributed by atoms with van der Waals surface area (Å²) in [5.74, 6) is 0.243. The third kappa shape index (κ3) is 5.99. The Morgan fingerprint density at radius 1 is 0.848 bits per heavy atom. The molecule has 4 rings (SSSR count). The van der Waals surface area contributed by atoms with Crippen LogP contribution < -0.4 is 15.4 Å². The fraction of sp³-hybridized carbons (Fsp3) is 0.259. The molecule has 1 saturated heterocycles. The molecule has 3 aromatic rings. The second-order valence-corrected chi connectivity index (χ2v) is 8.20. The zero-order valence-corrected chi connectivity index (χ0v) is 18.8. The lowest BCUT2D eigenvalue weighted by molar-refractivity contribution is -0.117. The van der Waals surface area contributed by atoms with Gasteiger partial charge in [0.1, 0.15) is 5.75 Å². The molecule has 1 heterocycles. The van der Waals surface area contributed by atoms with E-state index in [9.17, 15) is 9.59 Å². The maximum atomic E-state index is 12.8. The van der Waals surface area contributed by atoms with Gasteiger partial charge in [0, 0.05) is 11.3 Å². The molecule has 3 aromatic carbocycles. The Kier molecular flexibility index (Phi) is 7.37. The molecule has 0 unspecified atom stereocenters. The van der Waals surface area contributed by atoms with Gasteiger partial charge in [-0.1, -0.05) is 48.9 Å². The number of rotatable bonds is 7. The average Bonchev–Trinajstić information content (AvgIpc) is 2.85. The Morgan fingerprint density at radius 3 is 2.24 bits per heavy atom. The van der Waals surface area contributed by atoms with Gasteiger partial charge in [-0.25, -0.2) is 0 Å². The van der Waals surface area contributed by atoms with Crippen molar-refractivity contribution < 1.29 is 14.3 Å². The van der Waals surface area contributed by atoms with Gasteiger partial charge in [-0.2, -0.15) is 0 Å². The first kappa shape index (κ1) is 22.6. The molecular weight excluding hydrogens is 414 g/mol. The third-order valence-corrected chi connectivity index (χ3v) is 5.80. The van der Waals surface area contributed by atoms with Crippen LogP contribution in [0.4, 0.5) is 11.4 Å². The molecule has 170 valence electrons. The average molecular weight is 444 g/mol. The number of ether oxygens (including phenoxy) is 1. The molecule has 6 nitrogen and oxygen atoms in total. The topological polar surface area (TPSA) is 70.7 Å². The van der Waals surface area contributed by atoms with Gasteiger partial charge in [0.05, 0.1) is 19.3 Å². The molecule has 1 aliphatic rings. The molecule has 0 spiro atoms. The first-order valence-electron chi connectivity index (χ1n) is 11.3. The summed E-state index contributed by atoms with van der Waals surface area (Å²) in [7, 11) is 1.56. The molecule has 33 heavy (non-hydrogen) atoms. The van der Waals surface area contributed by atoms with Gasteiger partial charge in [-0.05, 0) is 67.4 Å². The number of amides is 2. The number of carbonyl (C=O) groups is 2. The van der Waals surface area contributed by atoms with Crippen LogP contribution in [0.25, 0.3) is 11.1 Å². The van der Waals surface area contributed by atoms with Gasteiger partial charge in [-0.3, -0.25) is 14.5 Å². The smallest absolute Gasteiger partial charge is 0.255 e. The van der Waals surface area contributed by atoms with E-state index in [0.717, 1.165) is 37.1 Å². The molecule has 1 aliphatic heterocycles. The van der Waals surface area contributed by atoms with E-state index >= 15 is 0 Å². The van der Waals surface area contributed by atoms with Crippen molar-refractivity contribution in [3.05, 3.63) is 78.4 Å². The molecule has 0 bridgehead atoms. The zero-order valence-electron chi connectivity index (χ0n) is 18.8. The molecule has 2 N–H and O–H groups in total. The van der Waals surface area contributed by atoms with Gasteiger partial charge in [0.2, 0.25) is 5.91 Å². The van der Waals surface area contributed by atoms with E-state index in [1.807, 2.05) is 54.6 Å². The minimum Gasteiger partial charge on any atom is -0.495 e. The van der Waals surface area contributed by atoms with Crippen LogP contribution in [0.15, 0.2) is 72.8 Å². The van der Waals surface area contributed by atoms with E-state index in [1.54, 1.807) is 25.3 Å². The highest BCUT2D eigenvalue weighted by molar-refractivity contribution is 6.05. The summed E-state index contributed by atoms with van der Waals surface area (Å²) in [5.41, 5.74) is 3.83. The van der Waals surface area contributed by atoms with E-state index < -0.39 is 0 Å². The lowest BCUT2D eigenvalue weighted by Gasteiger charge is -2.25. The van der Waals surface area contributed by atoms with E-state index in [1.165, 1.54) is 6.42 Å². The first-order chi connectivity index (χ1) is 16.1. The van der Waals surface area contributed by atoms with Crippen LogP contribution in [0.1, 0.15) is 29.6 Å². The quantitative estimate of drug-likeness (QED) is 0.537. The van der Waals surface area contributed by atoms with Gasteiger partial charge in [-0.15, -0.1) is 0 Å². The first-order valence-corrected chi connectivity index (χ1v) is 11.3. The van der Waals surface area contributed by atoms with Crippen LogP contribution in [0, 0.1) is 0 Å². The van der Waals surface area contributed by atoms with Crippen LogP contribution in [0.2, 0.25) is 0 Å². The summed E-state index contributed by atoms with van der Waals surface area (Å²) >= 11 is 0. The Bertz CT molecular complexity index is 1090. The number of benzene rings is 3. The summed E-state index contributed by atoms with van der Waals surface area (Å²) in [5, 5.41) is 5.84. The number of nitrogens with one attached hydrogen (secondary N) is 2. The number of hydrogen-bond donors (Lipinski definition) is 2. The lowest BCUT2D eigenvalue weighted by atomic mass is 10.0. The Morgan fingerprint density at radius 2 is 1.55 bits per heavy atom. The van der Waals surface area contributed by atoms with Crippen molar-refractivity contribution in [2.45, 2.75) is 19.3 Å². The van der Waals surface area contributed by atoms with Crippen molar-refractivity contribution in [3.63, 3.8) is 0 Å². The van der Waals surface area contributed by atoms with Crippen LogP contribution >= 0.6 is 0 Å². The Balaban J connectivity index is 1.42. The maximum Gasteiger partial charge on any atom is 0.255 e. The van der Waals surface area contributed by atoms with Crippen LogP contribution in [-0.4, -0.2) is 43.5 Å². The molecule has 0 radical (unpaired) electrons. The van der Waals surface area contributed by atoms with E-state index in [2.05, 4.69) is 15.5 Å². The molecule has 0 aromatic heterocycles. The van der Waals surface area contributed by atoms with Crippen molar-refractivity contribution in [1.29, 1.82) is 0 Å². The van der Waals surface area contributed by atoms with Crippen molar-refractivity contribution in [1.82, 2.24) is 4.90 Å². The summed E-state index contributed by atoms with van der Waals surface area (Å²) in [6.07, 6.45) is 3.48. The number of carbonyl (C=O) groups excluding carboxylic acids is 2. The van der Waals surface area contributed by atoms with Crippen molar-refractivity contribution in [2.24, 2.45) is 0 Å². The van der Waals surface area contributed by atoms with E-state index in [-0.39, 0.29) is 11.8 Å². The van der Waals surface area contributed by atoms with Crippen LogP contribution in [0.5, 0.6) is 5.75 Å². The number of hydrogen-bond acceptors (Lipinski definition) is 4. The van der Waals surface area contributed by atoms with Crippen LogP contribution in [0.3, 0.4) is 0 Å². The molecule has 6 heteroatoms. The fourth-order valence-corrected chi connectivity index (χ4v) is 4.04. The van der Waals surface area contributed by atoms with Gasteiger partial charge in [0.25, 0.3) is 5.91 Å². The normalized spacial score (nSPS) is 13.8. The number of likely N-dealkylation sites (tertiary alicyclic amines) is 1. The molecule has 2 amide bonds. The highest BCUT2D eigenvalue weighted by Crippen LogP contribution is 2.28. The maximum absolute atomic E-state index is 12.8. The van der Waals surface area contributed by atoms with Gasteiger partial charge in [0.15, 0.2) is 0 Å². The number of piperidine rings is 1. The number of anilines is 2. The van der Waals surface area contributed by atoms with Crippen molar-refractivity contribution in [3.8, 4) is 16.9 Å². The standard InChI is InChI=1S/C27H29N3O3/c1-33-25-15-14-23(18-24(25)29-26(31)19-30-16-6-3-7-17-30)28-27(32)22-12-10-21(11-13-22)20-8-4-2-5-9-20/h2,4-5,8-15,18H,3,6-7,16-17,19H2,1H3,(H,28,32)(H,29,31). The van der Waals surface area contributed by atoms with Crippen molar-refractivity contribution in [2.75, 3.05) is 37.4 Å². The number of nitrogens with zero attached hydrogens (tertiary/aromatic N) is 1. The Labute approximate surface area is 194 Å². The SMILES string of the molecule is COc1ccc(NC(=O)c2ccc(-c3ccccc3)cc2)cc1NC(=O)CN1CCCCC1. The highest BCUT2D eigenvalue weighted by atomic mass is 16.5. The molecule has 0 saturated carbocycles. The predicted octanol–water partition coefficient (Wildman–Crippen LogP) is 5.04. The zero-order chi connectivity index (χ0) is 23.0. The molecule has 0 aliphatic carbocycles. The fourth-order valence-electron chi connectivity index (χ4n) is 4.04. The van der Waals surface area contributed by atoms with E-state index in [0.29, 0.717) is 29.2 Å². The minimum absolute atomic E-state index is 0.0878. The lowest BCUT2D eigenvalue weighted by Crippen LogP contribution is -2.36. The Hall–Kier alpha value is -3.64. The largest absolute Gasteiger partial charge is 0.495 e. The summed E-state index contributed by atoms with van der Waals surface area (Å²) in [6.45, 7) is 2.25. The monoisotopic (exact) mass is 443 g/mol. The minimum atomic E-state index is -0.217. The predicted molar refractivity (Wildman–Crippen MR) is 132 cm³/mol. The highest BCUT2D eigenvalue weighted by Gasteiger charge is 2.16.